The molecule has 1 amide bonds. The van der Waals surface area contributed by atoms with Gasteiger partial charge in [-0.05, 0) is 50.6 Å². The van der Waals surface area contributed by atoms with Crippen molar-refractivity contribution in [2.24, 2.45) is 0 Å². The van der Waals surface area contributed by atoms with E-state index in [-0.39, 0.29) is 11.9 Å². The average molecular weight is 411 g/mol. The van der Waals surface area contributed by atoms with E-state index in [2.05, 4.69) is 10.2 Å². The minimum atomic E-state index is 0.0794. The minimum Gasteiger partial charge on any atom is -0.497 e. The molecule has 7 heteroatoms. The summed E-state index contributed by atoms with van der Waals surface area (Å²) in [7, 11) is 1.64. The number of carbonyl (C=O) groups is 1. The van der Waals surface area contributed by atoms with Crippen molar-refractivity contribution < 1.29 is 9.53 Å². The number of hydrogen-bond donors (Lipinski definition) is 0. The van der Waals surface area contributed by atoms with Crippen molar-refractivity contribution in [1.82, 2.24) is 19.7 Å². The van der Waals surface area contributed by atoms with Crippen LogP contribution in [0.4, 0.5) is 0 Å². The van der Waals surface area contributed by atoms with E-state index in [9.17, 15) is 4.79 Å². The monoisotopic (exact) mass is 410 g/mol. The third-order valence-electron chi connectivity index (χ3n) is 4.59. The first-order valence-electron chi connectivity index (χ1n) is 9.52. The van der Waals surface area contributed by atoms with Crippen LogP contribution in [0, 0.1) is 6.92 Å². The summed E-state index contributed by atoms with van der Waals surface area (Å²) >= 11 is 1.40. The highest BCUT2D eigenvalue weighted by atomic mass is 32.2. The van der Waals surface area contributed by atoms with E-state index in [0.717, 1.165) is 22.8 Å². The van der Waals surface area contributed by atoms with E-state index in [4.69, 9.17) is 4.74 Å². The normalized spacial score (nSPS) is 10.9. The Morgan fingerprint density at radius 3 is 2.41 bits per heavy atom. The highest BCUT2D eigenvalue weighted by Crippen LogP contribution is 2.24. The van der Waals surface area contributed by atoms with Crippen LogP contribution in [0.2, 0.25) is 0 Å². The van der Waals surface area contributed by atoms with Gasteiger partial charge in [-0.15, -0.1) is 10.2 Å². The van der Waals surface area contributed by atoms with Crippen LogP contribution < -0.4 is 4.74 Å². The van der Waals surface area contributed by atoms with Crippen LogP contribution in [0.15, 0.2) is 59.8 Å². The summed E-state index contributed by atoms with van der Waals surface area (Å²) in [4.78, 5) is 14.8. The fraction of sp³-hybridized carbons (Fsp3) is 0.318. The van der Waals surface area contributed by atoms with E-state index in [1.165, 1.54) is 11.8 Å². The van der Waals surface area contributed by atoms with E-state index in [1.54, 1.807) is 7.11 Å². The van der Waals surface area contributed by atoms with Gasteiger partial charge in [-0.25, -0.2) is 0 Å². The van der Waals surface area contributed by atoms with Gasteiger partial charge >= 0.3 is 0 Å². The standard InChI is InChI=1S/C22H26N4O2S/c1-16(2)25(14-18-8-6-5-7-9-18)21(27)15-29-22-24-23-17(3)26(22)19-10-12-20(28-4)13-11-19/h5-13,16H,14-15H2,1-4H3. The summed E-state index contributed by atoms with van der Waals surface area (Å²) in [6.45, 7) is 6.58. The van der Waals surface area contributed by atoms with Crippen LogP contribution in [-0.4, -0.2) is 44.5 Å². The second-order valence-corrected chi connectivity index (χ2v) is 7.90. The molecule has 152 valence electrons. The van der Waals surface area contributed by atoms with Crippen LogP contribution in [0.3, 0.4) is 0 Å². The van der Waals surface area contributed by atoms with Crippen LogP contribution in [0.5, 0.6) is 5.75 Å². The predicted molar refractivity (Wildman–Crippen MR) is 116 cm³/mol. The Balaban J connectivity index is 1.72. The number of nitrogens with zero attached hydrogens (tertiary/aromatic N) is 4. The largest absolute Gasteiger partial charge is 0.497 e. The zero-order chi connectivity index (χ0) is 20.8. The van der Waals surface area contributed by atoms with E-state index >= 15 is 0 Å². The van der Waals surface area contributed by atoms with Gasteiger partial charge < -0.3 is 9.64 Å². The van der Waals surface area contributed by atoms with Gasteiger partial charge in [-0.1, -0.05) is 42.1 Å². The molecular weight excluding hydrogens is 384 g/mol. The van der Waals surface area contributed by atoms with Crippen LogP contribution in [-0.2, 0) is 11.3 Å². The smallest absolute Gasteiger partial charge is 0.233 e. The number of ether oxygens (including phenoxy) is 1. The zero-order valence-corrected chi connectivity index (χ0v) is 18.0. The van der Waals surface area contributed by atoms with Gasteiger partial charge in [-0.3, -0.25) is 9.36 Å². The molecule has 0 N–H and O–H groups in total. The first-order chi connectivity index (χ1) is 14.0. The Hall–Kier alpha value is -2.80. The topological polar surface area (TPSA) is 60.2 Å². The second kappa shape index (κ2) is 9.60. The maximum absolute atomic E-state index is 12.9. The number of amides is 1. The number of benzene rings is 2. The van der Waals surface area contributed by atoms with Gasteiger partial charge in [0.1, 0.15) is 11.6 Å². The van der Waals surface area contributed by atoms with Crippen molar-refractivity contribution in [1.29, 1.82) is 0 Å². The van der Waals surface area contributed by atoms with Gasteiger partial charge in [0.2, 0.25) is 5.91 Å². The highest BCUT2D eigenvalue weighted by molar-refractivity contribution is 7.99. The van der Waals surface area contributed by atoms with Crippen LogP contribution >= 0.6 is 11.8 Å². The first kappa shape index (κ1) is 20.9. The lowest BCUT2D eigenvalue weighted by Gasteiger charge is -2.26. The lowest BCUT2D eigenvalue weighted by molar-refractivity contribution is -0.130. The molecule has 0 aliphatic heterocycles. The quantitative estimate of drug-likeness (QED) is 0.523. The van der Waals surface area contributed by atoms with E-state index in [1.807, 2.05) is 84.8 Å². The molecule has 3 rings (SSSR count). The van der Waals surface area contributed by atoms with Crippen molar-refractivity contribution in [3.63, 3.8) is 0 Å². The third-order valence-corrected chi connectivity index (χ3v) is 5.50. The Labute approximate surface area is 175 Å². The summed E-state index contributed by atoms with van der Waals surface area (Å²) in [6, 6.07) is 17.9. The lowest BCUT2D eigenvalue weighted by Crippen LogP contribution is -2.37. The maximum Gasteiger partial charge on any atom is 0.233 e. The molecule has 0 fully saturated rings. The third kappa shape index (κ3) is 5.17. The fourth-order valence-electron chi connectivity index (χ4n) is 3.01. The van der Waals surface area contributed by atoms with Crippen LogP contribution in [0.1, 0.15) is 25.2 Å². The van der Waals surface area contributed by atoms with Crippen molar-refractivity contribution in [2.45, 2.75) is 38.5 Å². The SMILES string of the molecule is COc1ccc(-n2c(C)nnc2SCC(=O)N(Cc2ccccc2)C(C)C)cc1. The number of rotatable bonds is 8. The second-order valence-electron chi connectivity index (χ2n) is 6.95. The predicted octanol–water partition coefficient (Wildman–Crippen LogP) is 4.11. The van der Waals surface area contributed by atoms with Gasteiger partial charge in [0.15, 0.2) is 5.16 Å². The number of aromatic nitrogens is 3. The summed E-state index contributed by atoms with van der Waals surface area (Å²) in [5.41, 5.74) is 2.06. The summed E-state index contributed by atoms with van der Waals surface area (Å²) in [5, 5.41) is 9.16. The molecule has 0 unspecified atom stereocenters. The lowest BCUT2D eigenvalue weighted by atomic mass is 10.2. The van der Waals surface area contributed by atoms with E-state index in [0.29, 0.717) is 17.5 Å². The molecule has 1 heterocycles. The van der Waals surface area contributed by atoms with Crippen molar-refractivity contribution in [3.8, 4) is 11.4 Å². The van der Waals surface area contributed by atoms with Gasteiger partial charge in [0.05, 0.1) is 12.9 Å². The minimum absolute atomic E-state index is 0.0794. The molecule has 1 aromatic heterocycles. The molecule has 0 spiro atoms. The summed E-state index contributed by atoms with van der Waals surface area (Å²) in [6.07, 6.45) is 0. The molecule has 6 nitrogen and oxygen atoms in total. The fourth-order valence-corrected chi connectivity index (χ4v) is 3.90. The molecule has 0 saturated carbocycles. The molecule has 0 radical (unpaired) electrons. The Kier molecular flexibility index (Phi) is 6.93. The molecule has 0 saturated heterocycles. The molecule has 29 heavy (non-hydrogen) atoms. The Morgan fingerprint density at radius 2 is 1.79 bits per heavy atom. The van der Waals surface area contributed by atoms with Gasteiger partial charge in [-0.2, -0.15) is 0 Å². The molecule has 0 atom stereocenters. The number of carbonyl (C=O) groups excluding carboxylic acids is 1. The zero-order valence-electron chi connectivity index (χ0n) is 17.2. The highest BCUT2D eigenvalue weighted by Gasteiger charge is 2.20. The average Bonchev–Trinajstić information content (AvgIpc) is 3.11. The number of aryl methyl sites for hydroxylation is 1. The molecule has 0 aliphatic rings. The molecule has 3 aromatic rings. The molecule has 2 aromatic carbocycles. The number of methoxy groups -OCH3 is 1. The Morgan fingerprint density at radius 1 is 1.10 bits per heavy atom. The Bertz CT molecular complexity index is 939. The number of hydrogen-bond acceptors (Lipinski definition) is 5. The van der Waals surface area contributed by atoms with Crippen molar-refractivity contribution in [2.75, 3.05) is 12.9 Å². The van der Waals surface area contributed by atoms with Crippen molar-refractivity contribution >= 4 is 17.7 Å². The molecule has 0 bridgehead atoms. The van der Waals surface area contributed by atoms with Crippen molar-refractivity contribution in [3.05, 3.63) is 66.0 Å². The maximum atomic E-state index is 12.9. The number of thioether (sulfide) groups is 1. The summed E-state index contributed by atoms with van der Waals surface area (Å²) in [5.74, 6) is 1.95. The summed E-state index contributed by atoms with van der Waals surface area (Å²) < 4.78 is 7.18. The van der Waals surface area contributed by atoms with Gasteiger partial charge in [0.25, 0.3) is 0 Å². The molecule has 0 aliphatic carbocycles. The molecular formula is C22H26N4O2S. The van der Waals surface area contributed by atoms with E-state index < -0.39 is 0 Å². The first-order valence-corrected chi connectivity index (χ1v) is 10.5. The van der Waals surface area contributed by atoms with Crippen LogP contribution in [0.25, 0.3) is 5.69 Å². The van der Waals surface area contributed by atoms with Gasteiger partial charge in [0, 0.05) is 18.3 Å².